The maximum Gasteiger partial charge on any atom is 0.230 e. The Bertz CT molecular complexity index is 476. The summed E-state index contributed by atoms with van der Waals surface area (Å²) in [6.07, 6.45) is 4.86. The first-order valence-corrected chi connectivity index (χ1v) is 8.33. The minimum absolute atomic E-state index is 0.120. The number of hydrogen-bond acceptors (Lipinski definition) is 3. The van der Waals surface area contributed by atoms with Crippen molar-refractivity contribution in [3.05, 3.63) is 23.8 Å². The fourth-order valence-electron chi connectivity index (χ4n) is 2.69. The van der Waals surface area contributed by atoms with Crippen LogP contribution in [0.5, 0.6) is 0 Å². The summed E-state index contributed by atoms with van der Waals surface area (Å²) in [7, 11) is 0. The van der Waals surface area contributed by atoms with Gasteiger partial charge in [-0.2, -0.15) is 0 Å². The third-order valence-electron chi connectivity index (χ3n) is 3.99. The zero-order valence-electron chi connectivity index (χ0n) is 12.3. The Kier molecular flexibility index (Phi) is 5.35. The number of nitrogen functional groups attached to an aromatic ring is 1. The van der Waals surface area contributed by atoms with Gasteiger partial charge in [0.25, 0.3) is 0 Å². The van der Waals surface area contributed by atoms with Gasteiger partial charge in [0.2, 0.25) is 5.91 Å². The molecule has 0 spiro atoms. The molecule has 0 aliphatic heterocycles. The van der Waals surface area contributed by atoms with Gasteiger partial charge in [-0.3, -0.25) is 4.79 Å². The molecule has 1 aliphatic rings. The van der Waals surface area contributed by atoms with Gasteiger partial charge in [-0.1, -0.05) is 25.8 Å². The number of thioether (sulfide) groups is 1. The molecule has 1 aliphatic carbocycles. The van der Waals surface area contributed by atoms with Crippen molar-refractivity contribution in [3.8, 4) is 0 Å². The number of benzene rings is 1. The molecule has 2 rings (SSSR count). The topological polar surface area (TPSA) is 55.1 Å². The normalized spacial score (nSPS) is 22.5. The van der Waals surface area contributed by atoms with Gasteiger partial charge in [-0.15, -0.1) is 11.8 Å². The van der Waals surface area contributed by atoms with Crippen LogP contribution in [-0.4, -0.2) is 17.7 Å². The number of nitrogens with two attached hydrogens (primary N) is 1. The van der Waals surface area contributed by atoms with Crippen LogP contribution in [0.25, 0.3) is 0 Å². The highest BCUT2D eigenvalue weighted by atomic mass is 32.2. The number of hydrogen-bond donors (Lipinski definition) is 2. The van der Waals surface area contributed by atoms with Crippen LogP contribution in [0.2, 0.25) is 0 Å². The molecule has 1 fully saturated rings. The van der Waals surface area contributed by atoms with Crippen LogP contribution in [0.1, 0.15) is 38.2 Å². The van der Waals surface area contributed by atoms with E-state index in [2.05, 4.69) is 12.2 Å². The minimum atomic E-state index is 0.120. The summed E-state index contributed by atoms with van der Waals surface area (Å²) in [6.45, 7) is 4.27. The Hall–Kier alpha value is -1.16. The number of carbonyl (C=O) groups excluding carboxylic acids is 1. The zero-order chi connectivity index (χ0) is 14.5. The maximum atomic E-state index is 12.1. The predicted octanol–water partition coefficient (Wildman–Crippen LogP) is 3.36. The Labute approximate surface area is 125 Å². The quantitative estimate of drug-likeness (QED) is 0.661. The third kappa shape index (κ3) is 4.17. The average Bonchev–Trinajstić information content (AvgIpc) is 2.42. The molecule has 20 heavy (non-hydrogen) atoms. The van der Waals surface area contributed by atoms with Gasteiger partial charge in [0.05, 0.1) is 5.75 Å². The van der Waals surface area contributed by atoms with Crippen molar-refractivity contribution in [2.45, 2.75) is 50.5 Å². The fraction of sp³-hybridized carbons (Fsp3) is 0.562. The average molecular weight is 292 g/mol. The van der Waals surface area contributed by atoms with Crippen LogP contribution in [0, 0.1) is 12.8 Å². The lowest BCUT2D eigenvalue weighted by molar-refractivity contribution is -0.119. The van der Waals surface area contributed by atoms with Gasteiger partial charge in [0.15, 0.2) is 0 Å². The Balaban J connectivity index is 1.84. The first-order chi connectivity index (χ1) is 9.56. The zero-order valence-corrected chi connectivity index (χ0v) is 13.1. The Morgan fingerprint density at radius 2 is 2.15 bits per heavy atom. The number of nitrogens with one attached hydrogen (secondary N) is 1. The second-order valence-electron chi connectivity index (χ2n) is 5.77. The number of aryl methyl sites for hydroxylation is 1. The summed E-state index contributed by atoms with van der Waals surface area (Å²) in [5, 5.41) is 3.17. The van der Waals surface area contributed by atoms with E-state index in [4.69, 9.17) is 5.73 Å². The number of carbonyl (C=O) groups is 1. The highest BCUT2D eigenvalue weighted by Gasteiger charge is 2.22. The van der Waals surface area contributed by atoms with E-state index in [9.17, 15) is 4.79 Å². The summed E-state index contributed by atoms with van der Waals surface area (Å²) < 4.78 is 0. The molecular weight excluding hydrogens is 268 g/mol. The second-order valence-corrected chi connectivity index (χ2v) is 6.78. The molecule has 0 saturated heterocycles. The lowest BCUT2D eigenvalue weighted by atomic mass is 9.86. The van der Waals surface area contributed by atoms with E-state index in [0.717, 1.165) is 17.0 Å². The largest absolute Gasteiger partial charge is 0.398 e. The molecule has 0 radical (unpaired) electrons. The summed E-state index contributed by atoms with van der Waals surface area (Å²) in [4.78, 5) is 13.1. The Morgan fingerprint density at radius 1 is 1.40 bits per heavy atom. The number of rotatable bonds is 4. The molecule has 1 aromatic carbocycles. The highest BCUT2D eigenvalue weighted by molar-refractivity contribution is 8.00. The van der Waals surface area contributed by atoms with E-state index in [1.165, 1.54) is 36.6 Å². The molecule has 2 atom stereocenters. The summed E-state index contributed by atoms with van der Waals surface area (Å²) in [5.74, 6) is 1.16. The van der Waals surface area contributed by atoms with Crippen molar-refractivity contribution in [2.24, 2.45) is 5.92 Å². The molecule has 2 unspecified atom stereocenters. The predicted molar refractivity (Wildman–Crippen MR) is 85.9 cm³/mol. The van der Waals surface area contributed by atoms with Crippen molar-refractivity contribution in [1.29, 1.82) is 0 Å². The Morgan fingerprint density at radius 3 is 2.90 bits per heavy atom. The number of amides is 1. The molecule has 1 saturated carbocycles. The van der Waals surface area contributed by atoms with Gasteiger partial charge in [-0.05, 0) is 43.4 Å². The minimum Gasteiger partial charge on any atom is -0.398 e. The summed E-state index contributed by atoms with van der Waals surface area (Å²) in [5.41, 5.74) is 7.85. The van der Waals surface area contributed by atoms with E-state index < -0.39 is 0 Å². The lowest BCUT2D eigenvalue weighted by Gasteiger charge is -2.29. The molecule has 3 N–H and O–H groups in total. The molecule has 4 heteroatoms. The van der Waals surface area contributed by atoms with Crippen molar-refractivity contribution in [2.75, 3.05) is 11.5 Å². The van der Waals surface area contributed by atoms with Crippen molar-refractivity contribution in [1.82, 2.24) is 5.32 Å². The van der Waals surface area contributed by atoms with Crippen LogP contribution in [-0.2, 0) is 4.79 Å². The molecule has 0 aromatic heterocycles. The smallest absolute Gasteiger partial charge is 0.230 e. The maximum absolute atomic E-state index is 12.1. The van der Waals surface area contributed by atoms with E-state index in [1.807, 2.05) is 25.1 Å². The van der Waals surface area contributed by atoms with Crippen molar-refractivity contribution < 1.29 is 4.79 Å². The van der Waals surface area contributed by atoms with Gasteiger partial charge >= 0.3 is 0 Å². The van der Waals surface area contributed by atoms with Crippen LogP contribution < -0.4 is 11.1 Å². The lowest BCUT2D eigenvalue weighted by Crippen LogP contribution is -2.41. The first kappa shape index (κ1) is 15.2. The molecule has 1 aromatic rings. The molecule has 110 valence electrons. The molecular formula is C16H24N2OS. The first-order valence-electron chi connectivity index (χ1n) is 7.34. The monoisotopic (exact) mass is 292 g/mol. The van der Waals surface area contributed by atoms with Crippen molar-refractivity contribution in [3.63, 3.8) is 0 Å². The SMILES string of the molecule is Cc1ccc(N)c(SCC(=O)NC2CCCCC2C)c1. The molecule has 0 heterocycles. The molecule has 1 amide bonds. The van der Waals surface area contributed by atoms with Gasteiger partial charge in [-0.25, -0.2) is 0 Å². The fourth-order valence-corrected chi connectivity index (χ4v) is 3.56. The van der Waals surface area contributed by atoms with E-state index in [0.29, 0.717) is 17.7 Å². The number of anilines is 1. The van der Waals surface area contributed by atoms with Crippen LogP contribution >= 0.6 is 11.8 Å². The summed E-state index contributed by atoms with van der Waals surface area (Å²) >= 11 is 1.52. The second kappa shape index (κ2) is 7.02. The molecule has 0 bridgehead atoms. The van der Waals surface area contributed by atoms with Gasteiger partial charge in [0.1, 0.15) is 0 Å². The van der Waals surface area contributed by atoms with Crippen LogP contribution in [0.15, 0.2) is 23.1 Å². The van der Waals surface area contributed by atoms with Crippen LogP contribution in [0.3, 0.4) is 0 Å². The van der Waals surface area contributed by atoms with Crippen LogP contribution in [0.4, 0.5) is 5.69 Å². The standard InChI is InChI=1S/C16H24N2OS/c1-11-7-8-13(17)15(9-11)20-10-16(19)18-14-6-4-3-5-12(14)2/h7-9,12,14H,3-6,10,17H2,1-2H3,(H,18,19). The van der Waals surface area contributed by atoms with Crippen molar-refractivity contribution >= 4 is 23.4 Å². The third-order valence-corrected chi connectivity index (χ3v) is 5.06. The van der Waals surface area contributed by atoms with Gasteiger partial charge in [0, 0.05) is 16.6 Å². The van der Waals surface area contributed by atoms with E-state index in [-0.39, 0.29) is 5.91 Å². The highest BCUT2D eigenvalue weighted by Crippen LogP contribution is 2.27. The van der Waals surface area contributed by atoms with E-state index >= 15 is 0 Å². The van der Waals surface area contributed by atoms with E-state index in [1.54, 1.807) is 0 Å². The molecule has 3 nitrogen and oxygen atoms in total. The van der Waals surface area contributed by atoms with Gasteiger partial charge < -0.3 is 11.1 Å². The summed E-state index contributed by atoms with van der Waals surface area (Å²) in [6, 6.07) is 6.28.